The topological polar surface area (TPSA) is 152 Å². The lowest BCUT2D eigenvalue weighted by molar-refractivity contribution is -0.870. The van der Waals surface area contributed by atoms with Crippen LogP contribution in [-0.4, -0.2) is 92.3 Å². The number of carbonyl (C=O) groups is 2. The lowest BCUT2D eigenvalue weighted by Crippen LogP contribution is -2.37. The molecule has 338 valence electrons. The monoisotopic (exact) mass is 842 g/mol. The summed E-state index contributed by atoms with van der Waals surface area (Å²) < 4.78 is 34.3. The Kier molecular flexibility index (Phi) is 31.6. The molecule has 11 nitrogen and oxygen atoms in total. The fourth-order valence-corrected chi connectivity index (χ4v) is 7.69. The first kappa shape index (κ1) is 54.2. The highest BCUT2D eigenvalue weighted by molar-refractivity contribution is 7.45. The maximum atomic E-state index is 12.6. The van der Waals surface area contributed by atoms with E-state index < -0.39 is 32.1 Å². The van der Waals surface area contributed by atoms with Crippen LogP contribution in [0.1, 0.15) is 168 Å². The Morgan fingerprint density at radius 3 is 2.07 bits per heavy atom. The summed E-state index contributed by atoms with van der Waals surface area (Å²) in [4.78, 5) is 37.6. The zero-order valence-electron chi connectivity index (χ0n) is 37.2. The number of carbonyl (C=O) groups excluding carboxylic acids is 2. The first-order valence-electron chi connectivity index (χ1n) is 22.9. The molecular weight excluding hydrogens is 757 g/mol. The van der Waals surface area contributed by atoms with Crippen molar-refractivity contribution in [1.82, 2.24) is 0 Å². The molecule has 1 unspecified atom stereocenters. The smallest absolute Gasteiger partial charge is 0.305 e. The maximum absolute atomic E-state index is 12.6. The number of unbranched alkanes of at least 4 members (excludes halogenated alkanes) is 16. The quantitative estimate of drug-likeness (QED) is 0.0154. The zero-order chi connectivity index (χ0) is 42.9. The molecule has 0 aliphatic heterocycles. The van der Waals surface area contributed by atoms with Crippen LogP contribution in [0.15, 0.2) is 36.6 Å². The molecule has 58 heavy (non-hydrogen) atoms. The van der Waals surface area contributed by atoms with Crippen LogP contribution in [0.25, 0.3) is 0 Å². The summed E-state index contributed by atoms with van der Waals surface area (Å²) in [5.74, 6) is -0.907. The number of rotatable bonds is 38. The third-order valence-corrected chi connectivity index (χ3v) is 11.6. The lowest BCUT2D eigenvalue weighted by atomic mass is 9.88. The number of hydrogen-bond donors (Lipinski definition) is 2. The van der Waals surface area contributed by atoms with Crippen molar-refractivity contribution < 1.29 is 52.3 Å². The second kappa shape index (κ2) is 33.8. The minimum atomic E-state index is -4.58. The molecule has 6 atom stereocenters. The summed E-state index contributed by atoms with van der Waals surface area (Å²) in [6.45, 7) is 4.32. The normalized spacial score (nSPS) is 19.7. The molecule has 0 bridgehead atoms. The summed E-state index contributed by atoms with van der Waals surface area (Å²) in [7, 11) is 1.23. The Labute approximate surface area is 353 Å². The Morgan fingerprint density at radius 2 is 1.41 bits per heavy atom. The van der Waals surface area contributed by atoms with Gasteiger partial charge in [-0.2, -0.15) is 0 Å². The number of phosphoric acid groups is 1. The van der Waals surface area contributed by atoms with Gasteiger partial charge in [-0.05, 0) is 69.8 Å². The molecule has 0 aromatic heterocycles. The summed E-state index contributed by atoms with van der Waals surface area (Å²) in [6, 6.07) is 0. The van der Waals surface area contributed by atoms with Crippen molar-refractivity contribution in [1.29, 1.82) is 0 Å². The van der Waals surface area contributed by atoms with Crippen molar-refractivity contribution >= 4 is 19.6 Å². The number of hydrogen-bond acceptors (Lipinski definition) is 10. The number of ether oxygens (including phenoxy) is 2. The molecule has 1 rings (SSSR count). The van der Waals surface area contributed by atoms with Crippen LogP contribution >= 0.6 is 7.82 Å². The van der Waals surface area contributed by atoms with Gasteiger partial charge in [0.25, 0.3) is 7.82 Å². The number of nitrogens with zero attached hydrogens (tertiary/aromatic N) is 1. The Balaban J connectivity index is 2.43. The van der Waals surface area contributed by atoms with Crippen molar-refractivity contribution in [2.45, 2.75) is 186 Å². The van der Waals surface area contributed by atoms with E-state index in [2.05, 4.69) is 26.0 Å². The van der Waals surface area contributed by atoms with Crippen molar-refractivity contribution in [3.8, 4) is 0 Å². The van der Waals surface area contributed by atoms with Gasteiger partial charge in [0.05, 0.1) is 46.2 Å². The number of esters is 1. The average Bonchev–Trinajstić information content (AvgIpc) is 3.44. The van der Waals surface area contributed by atoms with Crippen molar-refractivity contribution in [3.63, 3.8) is 0 Å². The highest BCUT2D eigenvalue weighted by Crippen LogP contribution is 2.38. The molecule has 0 radical (unpaired) electrons. The number of ketones is 1. The van der Waals surface area contributed by atoms with E-state index >= 15 is 0 Å². The molecule has 0 amide bonds. The van der Waals surface area contributed by atoms with Gasteiger partial charge in [-0.15, -0.1) is 0 Å². The number of phosphoric ester groups is 1. The van der Waals surface area contributed by atoms with Crippen LogP contribution in [0.5, 0.6) is 0 Å². The minimum Gasteiger partial charge on any atom is -0.756 e. The second-order valence-electron chi connectivity index (χ2n) is 17.3. The molecule has 1 saturated carbocycles. The molecular formula is C46H84NO10P. The van der Waals surface area contributed by atoms with E-state index in [-0.39, 0.29) is 50.3 Å². The second-order valence-corrected chi connectivity index (χ2v) is 18.7. The molecule has 0 saturated heterocycles. The number of Topliss-reactive ketones (excluding diaryl/α,β-unsaturated/α-hetero) is 1. The van der Waals surface area contributed by atoms with Gasteiger partial charge < -0.3 is 38.1 Å². The van der Waals surface area contributed by atoms with Crippen LogP contribution < -0.4 is 4.89 Å². The lowest BCUT2D eigenvalue weighted by Gasteiger charge is -2.28. The van der Waals surface area contributed by atoms with Crippen LogP contribution in [-0.2, 0) is 32.7 Å². The summed E-state index contributed by atoms with van der Waals surface area (Å²) in [5.41, 5.74) is 0. The Morgan fingerprint density at radius 1 is 0.828 bits per heavy atom. The van der Waals surface area contributed by atoms with E-state index in [4.69, 9.17) is 18.5 Å². The van der Waals surface area contributed by atoms with Gasteiger partial charge in [0, 0.05) is 18.8 Å². The molecule has 0 heterocycles. The molecule has 0 spiro atoms. The summed E-state index contributed by atoms with van der Waals surface area (Å²) in [6.07, 6.45) is 33.0. The number of quaternary nitrogens is 1. The average molecular weight is 842 g/mol. The first-order valence-corrected chi connectivity index (χ1v) is 24.3. The minimum absolute atomic E-state index is 0.0126. The van der Waals surface area contributed by atoms with E-state index in [1.54, 1.807) is 12.2 Å². The van der Waals surface area contributed by atoms with Gasteiger partial charge in [-0.3, -0.25) is 14.2 Å². The number of allylic oxidation sites excluding steroid dienone is 4. The SMILES string of the molecule is CCCCCC/C=C\CCCCCCCC/C=C/O[C@H](COC(=O)CCCCCC[C@H]1[C@@H](O)CC(=O)[C@@H]1/C=C/[C@@H](O)CCCCC)COP(=O)([O-])OCC[N+](C)(C)C. The molecule has 12 heteroatoms. The fourth-order valence-electron chi connectivity index (χ4n) is 6.96. The predicted molar refractivity (Wildman–Crippen MR) is 232 cm³/mol. The highest BCUT2D eigenvalue weighted by Gasteiger charge is 2.39. The van der Waals surface area contributed by atoms with Gasteiger partial charge in [-0.25, -0.2) is 0 Å². The third-order valence-electron chi connectivity index (χ3n) is 10.7. The van der Waals surface area contributed by atoms with Crippen LogP contribution in [0.4, 0.5) is 0 Å². The van der Waals surface area contributed by atoms with Gasteiger partial charge >= 0.3 is 5.97 Å². The van der Waals surface area contributed by atoms with E-state index in [0.717, 1.165) is 57.8 Å². The molecule has 1 aliphatic rings. The highest BCUT2D eigenvalue weighted by atomic mass is 31.2. The third kappa shape index (κ3) is 30.2. The van der Waals surface area contributed by atoms with E-state index in [0.29, 0.717) is 30.3 Å². The molecule has 1 fully saturated rings. The maximum Gasteiger partial charge on any atom is 0.305 e. The summed E-state index contributed by atoms with van der Waals surface area (Å²) >= 11 is 0. The summed E-state index contributed by atoms with van der Waals surface area (Å²) in [5, 5.41) is 20.8. The van der Waals surface area contributed by atoms with Crippen LogP contribution in [0.2, 0.25) is 0 Å². The van der Waals surface area contributed by atoms with Gasteiger partial charge in [-0.1, -0.05) is 122 Å². The Bertz CT molecular complexity index is 1190. The largest absolute Gasteiger partial charge is 0.756 e. The predicted octanol–water partition coefficient (Wildman–Crippen LogP) is 9.69. The van der Waals surface area contributed by atoms with Crippen molar-refractivity contribution in [2.75, 3.05) is 47.5 Å². The van der Waals surface area contributed by atoms with E-state index in [1.807, 2.05) is 27.2 Å². The van der Waals surface area contributed by atoms with Gasteiger partial charge in [0.2, 0.25) is 0 Å². The molecule has 0 aromatic rings. The zero-order valence-corrected chi connectivity index (χ0v) is 38.1. The van der Waals surface area contributed by atoms with E-state index in [1.165, 1.54) is 70.5 Å². The number of aliphatic hydroxyl groups excluding tert-OH is 2. The molecule has 2 N–H and O–H groups in total. The fraction of sp³-hybridized carbons (Fsp3) is 0.826. The van der Waals surface area contributed by atoms with Gasteiger partial charge in [0.15, 0.2) is 6.10 Å². The molecule has 0 aromatic carbocycles. The van der Waals surface area contributed by atoms with Crippen molar-refractivity contribution in [3.05, 3.63) is 36.6 Å². The van der Waals surface area contributed by atoms with Crippen molar-refractivity contribution in [2.24, 2.45) is 11.8 Å². The van der Waals surface area contributed by atoms with Crippen LogP contribution in [0, 0.1) is 11.8 Å². The first-order chi connectivity index (χ1) is 27.8. The standard InChI is InChI=1S/C46H84NO10P/c1-6-8-10-11-12-13-14-15-16-17-18-19-20-21-24-28-35-54-41(39-57-58(52,53)56-36-34-47(3,4)5)38-55-46(51)31-27-23-22-26-30-42-43(45(50)37-44(42)49)33-32-40(48)29-25-9-7-2/h13-14,28,32-33,35,40-44,48-49H,6-12,15-27,29-31,34,36-39H2,1-5H3/b14-13-,33-32+,35-28+/t40-,41+,42+,43+,44-/m0/s1. The van der Waals surface area contributed by atoms with Crippen LogP contribution in [0.3, 0.4) is 0 Å². The molecule has 1 aliphatic carbocycles. The number of aliphatic hydroxyl groups is 2. The van der Waals surface area contributed by atoms with Gasteiger partial charge in [0.1, 0.15) is 25.5 Å². The Hall–Kier alpha value is -1.85. The van der Waals surface area contributed by atoms with E-state index in [9.17, 15) is 29.3 Å². The number of likely N-dealkylation sites (N-methyl/N-ethyl adjacent to an activating group) is 1.